The largest absolute Gasteiger partial charge is 0.491 e. The lowest BCUT2D eigenvalue weighted by Crippen LogP contribution is -2.36. The number of nitrogens with one attached hydrogen (secondary N) is 1. The van der Waals surface area contributed by atoms with Crippen LogP contribution in [-0.4, -0.2) is 18.2 Å². The lowest BCUT2D eigenvalue weighted by Gasteiger charge is -2.20. The number of benzene rings is 1. The van der Waals surface area contributed by atoms with E-state index in [2.05, 4.69) is 64.2 Å². The second-order valence-corrected chi connectivity index (χ2v) is 6.44. The van der Waals surface area contributed by atoms with Gasteiger partial charge in [-0.3, -0.25) is 0 Å². The average Bonchev–Trinajstić information content (AvgIpc) is 2.28. The normalized spacial score (nSPS) is 11.9. The first-order chi connectivity index (χ1) is 8.87. The molecule has 0 unspecified atom stereocenters. The molecule has 1 N–H and O–H groups in total. The molecular formula is C17H29NO. The van der Waals surface area contributed by atoms with E-state index < -0.39 is 0 Å². The predicted octanol–water partition coefficient (Wildman–Crippen LogP) is 4.18. The first kappa shape index (κ1) is 16.0. The molecular weight excluding hydrogens is 234 g/mol. The van der Waals surface area contributed by atoms with Gasteiger partial charge in [0.25, 0.3) is 0 Å². The lowest BCUT2D eigenvalue weighted by molar-refractivity contribution is 0.242. The van der Waals surface area contributed by atoms with Crippen LogP contribution in [0.2, 0.25) is 0 Å². The summed E-state index contributed by atoms with van der Waals surface area (Å²) < 4.78 is 5.64. The molecule has 0 aliphatic carbocycles. The number of ether oxygens (including phenoxy) is 1. The van der Waals surface area contributed by atoms with Crippen molar-refractivity contribution in [3.05, 3.63) is 29.8 Å². The molecule has 0 bridgehead atoms. The van der Waals surface area contributed by atoms with Crippen LogP contribution in [0.25, 0.3) is 0 Å². The van der Waals surface area contributed by atoms with E-state index in [0.29, 0.717) is 0 Å². The number of unbranched alkanes of at least 4 members (excludes halogenated alkanes) is 1. The number of hydrogen-bond donors (Lipinski definition) is 1. The molecule has 0 aromatic heterocycles. The van der Waals surface area contributed by atoms with E-state index in [1.807, 2.05) is 0 Å². The summed E-state index contributed by atoms with van der Waals surface area (Å²) in [6.07, 6.45) is 3.84. The molecule has 0 saturated heterocycles. The second kappa shape index (κ2) is 7.54. The third-order valence-electron chi connectivity index (χ3n) is 2.84. The van der Waals surface area contributed by atoms with E-state index in [1.54, 1.807) is 0 Å². The Morgan fingerprint density at radius 2 is 1.68 bits per heavy atom. The van der Waals surface area contributed by atoms with Gasteiger partial charge in [-0.25, -0.2) is 0 Å². The minimum absolute atomic E-state index is 0.232. The van der Waals surface area contributed by atoms with Crippen LogP contribution >= 0.6 is 0 Å². The van der Waals surface area contributed by atoms with Gasteiger partial charge in [0.2, 0.25) is 0 Å². The van der Waals surface area contributed by atoms with Crippen molar-refractivity contribution in [3.8, 4) is 5.75 Å². The molecule has 1 aromatic rings. The molecule has 2 nitrogen and oxygen atoms in total. The van der Waals surface area contributed by atoms with Gasteiger partial charge >= 0.3 is 0 Å². The van der Waals surface area contributed by atoms with E-state index >= 15 is 0 Å². The van der Waals surface area contributed by atoms with Gasteiger partial charge in [-0.1, -0.05) is 12.1 Å². The minimum Gasteiger partial charge on any atom is -0.491 e. The van der Waals surface area contributed by atoms with Gasteiger partial charge in [0.1, 0.15) is 5.75 Å². The van der Waals surface area contributed by atoms with Gasteiger partial charge < -0.3 is 10.1 Å². The summed E-state index contributed by atoms with van der Waals surface area (Å²) in [6.45, 7) is 11.8. The third-order valence-corrected chi connectivity index (χ3v) is 2.84. The maximum Gasteiger partial charge on any atom is 0.119 e. The Hall–Kier alpha value is -1.02. The van der Waals surface area contributed by atoms with Crippen molar-refractivity contribution in [2.45, 2.75) is 65.5 Å². The molecule has 0 saturated carbocycles. The van der Waals surface area contributed by atoms with Gasteiger partial charge in [-0.15, -0.1) is 0 Å². The standard InChI is InChI=1S/C17H29NO/c1-14(2)19-16-11-9-15(10-12-16)8-6-7-13-18-17(3,4)5/h9-12,14,18H,6-8,13H2,1-5H3. The van der Waals surface area contributed by atoms with Crippen LogP contribution in [0, 0.1) is 0 Å². The molecule has 19 heavy (non-hydrogen) atoms. The zero-order valence-corrected chi connectivity index (χ0v) is 13.1. The van der Waals surface area contributed by atoms with Crippen LogP contribution in [0.15, 0.2) is 24.3 Å². The summed E-state index contributed by atoms with van der Waals surface area (Å²) in [7, 11) is 0. The van der Waals surface area contributed by atoms with Crippen molar-refractivity contribution >= 4 is 0 Å². The molecule has 1 rings (SSSR count). The Morgan fingerprint density at radius 1 is 1.05 bits per heavy atom. The van der Waals surface area contributed by atoms with E-state index in [1.165, 1.54) is 18.4 Å². The topological polar surface area (TPSA) is 21.3 Å². The third kappa shape index (κ3) is 7.89. The van der Waals surface area contributed by atoms with Crippen molar-refractivity contribution in [2.75, 3.05) is 6.54 Å². The maximum atomic E-state index is 5.64. The Balaban J connectivity index is 2.23. The van der Waals surface area contributed by atoms with E-state index in [0.717, 1.165) is 18.7 Å². The van der Waals surface area contributed by atoms with Crippen molar-refractivity contribution in [1.82, 2.24) is 5.32 Å². The Morgan fingerprint density at radius 3 is 2.21 bits per heavy atom. The van der Waals surface area contributed by atoms with Crippen LogP contribution in [0.5, 0.6) is 5.75 Å². The van der Waals surface area contributed by atoms with Crippen LogP contribution < -0.4 is 10.1 Å². The van der Waals surface area contributed by atoms with E-state index in [4.69, 9.17) is 4.74 Å². The first-order valence-electron chi connectivity index (χ1n) is 7.37. The van der Waals surface area contributed by atoms with Gasteiger partial charge in [0.05, 0.1) is 6.10 Å². The van der Waals surface area contributed by atoms with Crippen LogP contribution in [0.3, 0.4) is 0 Å². The smallest absolute Gasteiger partial charge is 0.119 e. The Kier molecular flexibility index (Phi) is 6.36. The molecule has 0 aliphatic heterocycles. The molecule has 0 fully saturated rings. The molecule has 0 aliphatic rings. The fourth-order valence-electron chi connectivity index (χ4n) is 1.92. The molecule has 1 aromatic carbocycles. The Labute approximate surface area is 118 Å². The molecule has 0 radical (unpaired) electrons. The summed E-state index contributed by atoms with van der Waals surface area (Å²) in [5.41, 5.74) is 1.63. The number of hydrogen-bond acceptors (Lipinski definition) is 2. The summed E-state index contributed by atoms with van der Waals surface area (Å²) in [5.74, 6) is 0.966. The highest BCUT2D eigenvalue weighted by molar-refractivity contribution is 5.27. The summed E-state index contributed by atoms with van der Waals surface area (Å²) in [4.78, 5) is 0. The van der Waals surface area contributed by atoms with Crippen molar-refractivity contribution in [1.29, 1.82) is 0 Å². The minimum atomic E-state index is 0.232. The van der Waals surface area contributed by atoms with Gasteiger partial charge in [-0.2, -0.15) is 0 Å². The highest BCUT2D eigenvalue weighted by Gasteiger charge is 2.07. The highest BCUT2D eigenvalue weighted by Crippen LogP contribution is 2.15. The monoisotopic (exact) mass is 263 g/mol. The fraction of sp³-hybridized carbons (Fsp3) is 0.647. The van der Waals surface area contributed by atoms with Crippen LogP contribution in [-0.2, 0) is 6.42 Å². The Bertz CT molecular complexity index is 349. The lowest BCUT2D eigenvalue weighted by atomic mass is 10.1. The van der Waals surface area contributed by atoms with Crippen LogP contribution in [0.4, 0.5) is 0 Å². The van der Waals surface area contributed by atoms with Crippen molar-refractivity contribution < 1.29 is 4.74 Å². The van der Waals surface area contributed by atoms with Gasteiger partial charge in [0.15, 0.2) is 0 Å². The zero-order chi connectivity index (χ0) is 14.3. The molecule has 0 heterocycles. The number of aryl methyl sites for hydroxylation is 1. The molecule has 108 valence electrons. The van der Waals surface area contributed by atoms with Crippen LogP contribution in [0.1, 0.15) is 53.0 Å². The second-order valence-electron chi connectivity index (χ2n) is 6.44. The molecule has 2 heteroatoms. The quantitative estimate of drug-likeness (QED) is 0.745. The summed E-state index contributed by atoms with van der Waals surface area (Å²) in [6, 6.07) is 8.50. The van der Waals surface area contributed by atoms with E-state index in [9.17, 15) is 0 Å². The van der Waals surface area contributed by atoms with Crippen molar-refractivity contribution in [3.63, 3.8) is 0 Å². The first-order valence-corrected chi connectivity index (χ1v) is 7.37. The maximum absolute atomic E-state index is 5.64. The predicted molar refractivity (Wildman–Crippen MR) is 82.9 cm³/mol. The summed E-state index contributed by atoms with van der Waals surface area (Å²) >= 11 is 0. The molecule has 0 atom stereocenters. The fourth-order valence-corrected chi connectivity index (χ4v) is 1.92. The average molecular weight is 263 g/mol. The van der Waals surface area contributed by atoms with Gasteiger partial charge in [-0.05, 0) is 78.1 Å². The zero-order valence-electron chi connectivity index (χ0n) is 13.1. The van der Waals surface area contributed by atoms with E-state index in [-0.39, 0.29) is 11.6 Å². The SMILES string of the molecule is CC(C)Oc1ccc(CCCCNC(C)(C)C)cc1. The molecule has 0 amide bonds. The highest BCUT2D eigenvalue weighted by atomic mass is 16.5. The van der Waals surface area contributed by atoms with Gasteiger partial charge in [0, 0.05) is 5.54 Å². The molecule has 0 spiro atoms. The number of rotatable bonds is 7. The van der Waals surface area contributed by atoms with Crippen molar-refractivity contribution in [2.24, 2.45) is 0 Å². The summed E-state index contributed by atoms with van der Waals surface area (Å²) in [5, 5.41) is 3.52.